The molecular formula is C9H7Cl2N3S. The Labute approximate surface area is 101 Å². The van der Waals surface area contributed by atoms with Gasteiger partial charge in [-0.3, -0.25) is 0 Å². The first-order valence-electron chi connectivity index (χ1n) is 4.18. The summed E-state index contributed by atoms with van der Waals surface area (Å²) < 4.78 is 0.644. The summed E-state index contributed by atoms with van der Waals surface area (Å²) in [5.74, 6) is 1.12. The van der Waals surface area contributed by atoms with E-state index < -0.39 is 0 Å². The Bertz CT molecular complexity index is 458. The Morgan fingerprint density at radius 2 is 2.27 bits per heavy atom. The van der Waals surface area contributed by atoms with Crippen molar-refractivity contribution in [3.8, 4) is 0 Å². The highest BCUT2D eigenvalue weighted by Gasteiger charge is 2.01. The topological polar surface area (TPSA) is 37.8 Å². The van der Waals surface area contributed by atoms with E-state index in [0.29, 0.717) is 10.2 Å². The van der Waals surface area contributed by atoms with Gasteiger partial charge in [0.2, 0.25) is 0 Å². The fourth-order valence-corrected chi connectivity index (χ4v) is 2.01. The molecule has 0 aliphatic heterocycles. The van der Waals surface area contributed by atoms with E-state index >= 15 is 0 Å². The van der Waals surface area contributed by atoms with Crippen LogP contribution >= 0.6 is 34.5 Å². The van der Waals surface area contributed by atoms with Gasteiger partial charge < -0.3 is 5.32 Å². The maximum Gasteiger partial charge on any atom is 0.189 e. The zero-order valence-electron chi connectivity index (χ0n) is 7.58. The normalized spacial score (nSPS) is 10.3. The van der Waals surface area contributed by atoms with Crippen molar-refractivity contribution in [3.05, 3.63) is 34.4 Å². The zero-order chi connectivity index (χ0) is 10.7. The molecule has 2 rings (SSSR count). The van der Waals surface area contributed by atoms with E-state index in [1.165, 1.54) is 11.3 Å². The summed E-state index contributed by atoms with van der Waals surface area (Å²) in [5, 5.41) is 3.77. The number of hydrogen-bond donors (Lipinski definition) is 1. The Morgan fingerprint density at radius 1 is 1.40 bits per heavy atom. The summed E-state index contributed by atoms with van der Waals surface area (Å²) in [6, 6.07) is 5.61. The van der Waals surface area contributed by atoms with E-state index in [1.54, 1.807) is 6.20 Å². The molecule has 0 saturated heterocycles. The summed E-state index contributed by atoms with van der Waals surface area (Å²) in [6.07, 6.45) is 1.60. The quantitative estimate of drug-likeness (QED) is 0.855. The van der Waals surface area contributed by atoms with Gasteiger partial charge in [0.15, 0.2) is 5.13 Å². The lowest BCUT2D eigenvalue weighted by Gasteiger charge is -2.02. The standard InChI is InChI=1S/C9H7Cl2N3S/c10-4-6-2-1-3-8(13-6)14-9-12-5-7(11)15-9/h1-3,5H,4H2,(H,12,13,14). The van der Waals surface area contributed by atoms with Crippen molar-refractivity contribution >= 4 is 45.5 Å². The Morgan fingerprint density at radius 3 is 2.93 bits per heavy atom. The minimum absolute atomic E-state index is 0.397. The minimum Gasteiger partial charge on any atom is -0.316 e. The number of thiazole rings is 1. The molecule has 2 aromatic heterocycles. The number of rotatable bonds is 3. The predicted molar refractivity (Wildman–Crippen MR) is 64.2 cm³/mol. The molecule has 0 spiro atoms. The van der Waals surface area contributed by atoms with Gasteiger partial charge in [-0.15, -0.1) is 11.6 Å². The van der Waals surface area contributed by atoms with Gasteiger partial charge in [0.1, 0.15) is 10.2 Å². The Balaban J connectivity index is 2.16. The molecule has 0 aliphatic carbocycles. The lowest BCUT2D eigenvalue weighted by Crippen LogP contribution is -1.94. The molecule has 1 N–H and O–H groups in total. The van der Waals surface area contributed by atoms with Crippen LogP contribution in [0.2, 0.25) is 4.34 Å². The van der Waals surface area contributed by atoms with Crippen LogP contribution in [0.25, 0.3) is 0 Å². The predicted octanol–water partition coefficient (Wildman–Crippen LogP) is 3.67. The molecule has 0 atom stereocenters. The third-order valence-electron chi connectivity index (χ3n) is 1.66. The second-order valence-corrected chi connectivity index (χ2v) is 4.67. The smallest absolute Gasteiger partial charge is 0.189 e. The number of nitrogens with zero attached hydrogens (tertiary/aromatic N) is 2. The van der Waals surface area contributed by atoms with Gasteiger partial charge >= 0.3 is 0 Å². The first-order chi connectivity index (χ1) is 7.28. The van der Waals surface area contributed by atoms with Crippen molar-refractivity contribution < 1.29 is 0 Å². The van der Waals surface area contributed by atoms with Crippen molar-refractivity contribution in [2.24, 2.45) is 0 Å². The molecule has 0 fully saturated rings. The van der Waals surface area contributed by atoms with Crippen molar-refractivity contribution in [1.29, 1.82) is 0 Å². The van der Waals surface area contributed by atoms with E-state index in [0.717, 1.165) is 16.6 Å². The van der Waals surface area contributed by atoms with E-state index in [1.807, 2.05) is 18.2 Å². The third-order valence-corrected chi connectivity index (χ3v) is 2.96. The first-order valence-corrected chi connectivity index (χ1v) is 5.91. The van der Waals surface area contributed by atoms with Gasteiger partial charge in [-0.05, 0) is 12.1 Å². The monoisotopic (exact) mass is 259 g/mol. The van der Waals surface area contributed by atoms with E-state index in [2.05, 4.69) is 15.3 Å². The molecule has 0 amide bonds. The fraction of sp³-hybridized carbons (Fsp3) is 0.111. The molecule has 0 aliphatic rings. The van der Waals surface area contributed by atoms with Gasteiger partial charge in [0.05, 0.1) is 17.8 Å². The molecule has 2 heterocycles. The molecule has 0 radical (unpaired) electrons. The van der Waals surface area contributed by atoms with Crippen LogP contribution in [-0.4, -0.2) is 9.97 Å². The van der Waals surface area contributed by atoms with Crippen LogP contribution < -0.4 is 5.32 Å². The average Bonchev–Trinajstić information content (AvgIpc) is 2.64. The highest BCUT2D eigenvalue weighted by Crippen LogP contribution is 2.25. The average molecular weight is 260 g/mol. The maximum absolute atomic E-state index is 5.76. The van der Waals surface area contributed by atoms with Crippen LogP contribution in [0.1, 0.15) is 5.69 Å². The number of halogens is 2. The molecule has 0 saturated carbocycles. The van der Waals surface area contributed by atoms with Crippen LogP contribution in [0.15, 0.2) is 24.4 Å². The SMILES string of the molecule is ClCc1cccc(Nc2ncc(Cl)s2)n1. The van der Waals surface area contributed by atoms with Gasteiger partial charge in [-0.1, -0.05) is 29.0 Å². The van der Waals surface area contributed by atoms with Gasteiger partial charge in [0.25, 0.3) is 0 Å². The van der Waals surface area contributed by atoms with E-state index in [-0.39, 0.29) is 0 Å². The van der Waals surface area contributed by atoms with Gasteiger partial charge in [-0.25, -0.2) is 9.97 Å². The number of hydrogen-bond acceptors (Lipinski definition) is 4. The molecule has 0 bridgehead atoms. The van der Waals surface area contributed by atoms with Gasteiger partial charge in [-0.2, -0.15) is 0 Å². The summed E-state index contributed by atoms with van der Waals surface area (Å²) in [7, 11) is 0. The van der Waals surface area contributed by atoms with Gasteiger partial charge in [0, 0.05) is 0 Å². The molecule has 78 valence electrons. The second kappa shape index (κ2) is 4.79. The van der Waals surface area contributed by atoms with Crippen LogP contribution in [0.5, 0.6) is 0 Å². The summed E-state index contributed by atoms with van der Waals surface area (Å²) in [6.45, 7) is 0. The van der Waals surface area contributed by atoms with Crippen LogP contribution in [0.3, 0.4) is 0 Å². The number of anilines is 2. The van der Waals surface area contributed by atoms with Crippen molar-refractivity contribution in [1.82, 2.24) is 9.97 Å². The molecule has 15 heavy (non-hydrogen) atoms. The minimum atomic E-state index is 0.397. The summed E-state index contributed by atoms with van der Waals surface area (Å²) in [5.41, 5.74) is 0.823. The maximum atomic E-state index is 5.76. The van der Waals surface area contributed by atoms with E-state index in [4.69, 9.17) is 23.2 Å². The lowest BCUT2D eigenvalue weighted by molar-refractivity contribution is 1.17. The number of nitrogens with one attached hydrogen (secondary N) is 1. The molecule has 3 nitrogen and oxygen atoms in total. The molecule has 6 heteroatoms. The molecule has 0 unspecified atom stereocenters. The van der Waals surface area contributed by atoms with Crippen LogP contribution in [-0.2, 0) is 5.88 Å². The summed E-state index contributed by atoms with van der Waals surface area (Å²) in [4.78, 5) is 8.35. The van der Waals surface area contributed by atoms with Crippen LogP contribution in [0, 0.1) is 0 Å². The zero-order valence-corrected chi connectivity index (χ0v) is 9.90. The first kappa shape index (κ1) is 10.7. The van der Waals surface area contributed by atoms with Crippen molar-refractivity contribution in [2.45, 2.75) is 5.88 Å². The number of aromatic nitrogens is 2. The third kappa shape index (κ3) is 2.81. The number of alkyl halides is 1. The van der Waals surface area contributed by atoms with Crippen molar-refractivity contribution in [3.63, 3.8) is 0 Å². The highest BCUT2D eigenvalue weighted by atomic mass is 35.5. The molecule has 0 aromatic carbocycles. The van der Waals surface area contributed by atoms with Crippen molar-refractivity contribution in [2.75, 3.05) is 5.32 Å². The molecular weight excluding hydrogens is 253 g/mol. The van der Waals surface area contributed by atoms with E-state index in [9.17, 15) is 0 Å². The van der Waals surface area contributed by atoms with Crippen LogP contribution in [0.4, 0.5) is 10.9 Å². The highest BCUT2D eigenvalue weighted by molar-refractivity contribution is 7.19. The fourth-order valence-electron chi connectivity index (χ4n) is 1.05. The summed E-state index contributed by atoms with van der Waals surface area (Å²) >= 11 is 12.8. The largest absolute Gasteiger partial charge is 0.316 e. The second-order valence-electron chi connectivity index (χ2n) is 2.74. The lowest BCUT2D eigenvalue weighted by atomic mass is 10.4. The molecule has 2 aromatic rings. The Kier molecular flexibility index (Phi) is 3.41. The Hall–Kier alpha value is -0.840. The number of pyridine rings is 1.